The summed E-state index contributed by atoms with van der Waals surface area (Å²) in [5.41, 5.74) is 0. The first-order chi connectivity index (χ1) is 5.76. The lowest BCUT2D eigenvalue weighted by Crippen LogP contribution is -2.40. The molecule has 3 heteroatoms. The van der Waals surface area contributed by atoms with Crippen molar-refractivity contribution in [3.8, 4) is 0 Å². The Balaban J connectivity index is 2.21. The predicted octanol–water partition coefficient (Wildman–Crippen LogP) is -0.0915. The fourth-order valence-electron chi connectivity index (χ4n) is 1.74. The third-order valence-electron chi connectivity index (χ3n) is 2.62. The largest absolute Gasteiger partial charge is 0.395 e. The average molecular weight is 172 g/mol. The second-order valence-electron chi connectivity index (χ2n) is 3.82. The summed E-state index contributed by atoms with van der Waals surface area (Å²) in [6.07, 6.45) is 1.31. The van der Waals surface area contributed by atoms with Gasteiger partial charge in [0.05, 0.1) is 6.61 Å². The van der Waals surface area contributed by atoms with Crippen LogP contribution in [-0.2, 0) is 0 Å². The summed E-state index contributed by atoms with van der Waals surface area (Å²) in [4.78, 5) is 2.42. The van der Waals surface area contributed by atoms with E-state index in [0.717, 1.165) is 12.5 Å². The molecule has 0 aromatic heterocycles. The Morgan fingerprint density at radius 3 is 2.83 bits per heavy atom. The standard InChI is InChI=1S/C9H20N2O/c1-8-3-4-11(5-8)6-9(7-12)10-2/h8-10,12H,3-7H2,1-2H3. The van der Waals surface area contributed by atoms with Crippen molar-refractivity contribution >= 4 is 0 Å². The first-order valence-corrected chi connectivity index (χ1v) is 4.76. The Labute approximate surface area is 74.8 Å². The first-order valence-electron chi connectivity index (χ1n) is 4.76. The van der Waals surface area contributed by atoms with Gasteiger partial charge in [-0.1, -0.05) is 6.92 Å². The van der Waals surface area contributed by atoms with Crippen LogP contribution >= 0.6 is 0 Å². The summed E-state index contributed by atoms with van der Waals surface area (Å²) in [7, 11) is 1.90. The van der Waals surface area contributed by atoms with Crippen LogP contribution in [0.5, 0.6) is 0 Å². The first kappa shape index (κ1) is 9.96. The molecule has 2 atom stereocenters. The fourth-order valence-corrected chi connectivity index (χ4v) is 1.74. The molecule has 1 aliphatic rings. The second kappa shape index (κ2) is 4.80. The summed E-state index contributed by atoms with van der Waals surface area (Å²) in [6.45, 7) is 5.89. The number of nitrogens with zero attached hydrogens (tertiary/aromatic N) is 1. The second-order valence-corrected chi connectivity index (χ2v) is 3.82. The highest BCUT2D eigenvalue weighted by atomic mass is 16.3. The van der Waals surface area contributed by atoms with Gasteiger partial charge in [0, 0.05) is 19.1 Å². The zero-order valence-corrected chi connectivity index (χ0v) is 8.08. The third kappa shape index (κ3) is 2.73. The summed E-state index contributed by atoms with van der Waals surface area (Å²) in [6, 6.07) is 0.246. The third-order valence-corrected chi connectivity index (χ3v) is 2.62. The summed E-state index contributed by atoms with van der Waals surface area (Å²) in [5, 5.41) is 12.1. The van der Waals surface area contributed by atoms with E-state index in [2.05, 4.69) is 17.1 Å². The number of likely N-dealkylation sites (tertiary alicyclic amines) is 1. The van der Waals surface area contributed by atoms with Crippen LogP contribution in [0.3, 0.4) is 0 Å². The van der Waals surface area contributed by atoms with Gasteiger partial charge in [0.25, 0.3) is 0 Å². The Hall–Kier alpha value is -0.120. The number of aliphatic hydroxyl groups excluding tert-OH is 1. The maximum atomic E-state index is 8.96. The summed E-state index contributed by atoms with van der Waals surface area (Å²) >= 11 is 0. The minimum Gasteiger partial charge on any atom is -0.395 e. The molecule has 1 rings (SSSR count). The van der Waals surface area contributed by atoms with Gasteiger partial charge >= 0.3 is 0 Å². The molecule has 0 aromatic rings. The molecule has 12 heavy (non-hydrogen) atoms. The molecule has 2 N–H and O–H groups in total. The zero-order valence-electron chi connectivity index (χ0n) is 8.08. The smallest absolute Gasteiger partial charge is 0.0597 e. The highest BCUT2D eigenvalue weighted by molar-refractivity contribution is 4.76. The van der Waals surface area contributed by atoms with Crippen molar-refractivity contribution in [2.24, 2.45) is 5.92 Å². The van der Waals surface area contributed by atoms with Gasteiger partial charge in [-0.2, -0.15) is 0 Å². The van der Waals surface area contributed by atoms with Gasteiger partial charge in [-0.05, 0) is 25.9 Å². The van der Waals surface area contributed by atoms with Gasteiger partial charge in [0.15, 0.2) is 0 Å². The van der Waals surface area contributed by atoms with E-state index in [1.54, 1.807) is 0 Å². The lowest BCUT2D eigenvalue weighted by molar-refractivity contribution is 0.202. The molecule has 1 saturated heterocycles. The van der Waals surface area contributed by atoms with Crippen LogP contribution in [0.4, 0.5) is 0 Å². The van der Waals surface area contributed by atoms with Crippen molar-refractivity contribution in [2.45, 2.75) is 19.4 Å². The van der Waals surface area contributed by atoms with E-state index < -0.39 is 0 Å². The van der Waals surface area contributed by atoms with Crippen LogP contribution in [0, 0.1) is 5.92 Å². The maximum Gasteiger partial charge on any atom is 0.0597 e. The van der Waals surface area contributed by atoms with Gasteiger partial charge in [0.1, 0.15) is 0 Å². The number of nitrogens with one attached hydrogen (secondary N) is 1. The van der Waals surface area contributed by atoms with E-state index in [9.17, 15) is 0 Å². The summed E-state index contributed by atoms with van der Waals surface area (Å²) in [5.74, 6) is 0.834. The molecule has 0 radical (unpaired) electrons. The molecule has 0 saturated carbocycles. The van der Waals surface area contributed by atoms with Crippen molar-refractivity contribution in [2.75, 3.05) is 33.3 Å². The van der Waals surface area contributed by atoms with Gasteiger partial charge in [-0.3, -0.25) is 0 Å². The van der Waals surface area contributed by atoms with E-state index in [1.165, 1.54) is 19.5 Å². The molecule has 1 heterocycles. The van der Waals surface area contributed by atoms with Crippen molar-refractivity contribution in [1.82, 2.24) is 10.2 Å². The molecule has 0 amide bonds. The molecular formula is C9H20N2O. The molecule has 0 aliphatic carbocycles. The van der Waals surface area contributed by atoms with E-state index in [-0.39, 0.29) is 12.6 Å². The average Bonchev–Trinajstić information content (AvgIpc) is 2.47. The topological polar surface area (TPSA) is 35.5 Å². The molecular weight excluding hydrogens is 152 g/mol. The van der Waals surface area contributed by atoms with Crippen LogP contribution in [0.2, 0.25) is 0 Å². The molecule has 0 aromatic carbocycles. The van der Waals surface area contributed by atoms with Crippen molar-refractivity contribution < 1.29 is 5.11 Å². The lowest BCUT2D eigenvalue weighted by atomic mass is 10.2. The van der Waals surface area contributed by atoms with E-state index in [4.69, 9.17) is 5.11 Å². The number of hydrogen-bond acceptors (Lipinski definition) is 3. The Morgan fingerprint density at radius 1 is 1.67 bits per heavy atom. The minimum atomic E-state index is 0.237. The Morgan fingerprint density at radius 2 is 2.42 bits per heavy atom. The molecule has 0 bridgehead atoms. The molecule has 1 fully saturated rings. The van der Waals surface area contributed by atoms with Crippen LogP contribution in [0.1, 0.15) is 13.3 Å². The quantitative estimate of drug-likeness (QED) is 0.622. The maximum absolute atomic E-state index is 8.96. The van der Waals surface area contributed by atoms with Gasteiger partial charge in [-0.25, -0.2) is 0 Å². The number of aliphatic hydroxyl groups is 1. The van der Waals surface area contributed by atoms with E-state index >= 15 is 0 Å². The van der Waals surface area contributed by atoms with Crippen LogP contribution in [-0.4, -0.2) is 49.3 Å². The van der Waals surface area contributed by atoms with Gasteiger partial charge in [-0.15, -0.1) is 0 Å². The molecule has 72 valence electrons. The molecule has 2 unspecified atom stereocenters. The van der Waals surface area contributed by atoms with Crippen molar-refractivity contribution in [1.29, 1.82) is 0 Å². The van der Waals surface area contributed by atoms with Crippen LogP contribution in [0.15, 0.2) is 0 Å². The number of likely N-dealkylation sites (N-methyl/N-ethyl adjacent to an activating group) is 1. The monoisotopic (exact) mass is 172 g/mol. The Bertz CT molecular complexity index is 126. The fraction of sp³-hybridized carbons (Fsp3) is 1.00. The zero-order chi connectivity index (χ0) is 8.97. The molecule has 0 spiro atoms. The Kier molecular flexibility index (Phi) is 3.98. The van der Waals surface area contributed by atoms with Gasteiger partial charge in [0.2, 0.25) is 0 Å². The van der Waals surface area contributed by atoms with Crippen LogP contribution < -0.4 is 5.32 Å². The molecule has 1 aliphatic heterocycles. The predicted molar refractivity (Wildman–Crippen MR) is 50.2 cm³/mol. The van der Waals surface area contributed by atoms with E-state index in [0.29, 0.717) is 0 Å². The van der Waals surface area contributed by atoms with Crippen LogP contribution in [0.25, 0.3) is 0 Å². The van der Waals surface area contributed by atoms with Crippen molar-refractivity contribution in [3.05, 3.63) is 0 Å². The normalized spacial score (nSPS) is 27.8. The number of hydrogen-bond donors (Lipinski definition) is 2. The minimum absolute atomic E-state index is 0.237. The highest BCUT2D eigenvalue weighted by Crippen LogP contribution is 2.14. The SMILES string of the molecule is CNC(CO)CN1CCC(C)C1. The van der Waals surface area contributed by atoms with E-state index in [1.807, 2.05) is 7.05 Å². The van der Waals surface area contributed by atoms with Crippen molar-refractivity contribution in [3.63, 3.8) is 0 Å². The molecule has 3 nitrogen and oxygen atoms in total. The number of rotatable bonds is 4. The lowest BCUT2D eigenvalue weighted by Gasteiger charge is -2.21. The summed E-state index contributed by atoms with van der Waals surface area (Å²) < 4.78 is 0. The van der Waals surface area contributed by atoms with Gasteiger partial charge < -0.3 is 15.3 Å². The highest BCUT2D eigenvalue weighted by Gasteiger charge is 2.20.